The highest BCUT2D eigenvalue weighted by Crippen LogP contribution is 2.35. The van der Waals surface area contributed by atoms with Crippen molar-refractivity contribution in [3.63, 3.8) is 0 Å². The van der Waals surface area contributed by atoms with Crippen LogP contribution in [0.25, 0.3) is 5.57 Å². The van der Waals surface area contributed by atoms with Crippen LogP contribution in [-0.4, -0.2) is 48.1 Å². The van der Waals surface area contributed by atoms with Crippen LogP contribution in [-0.2, 0) is 9.53 Å². The van der Waals surface area contributed by atoms with Gasteiger partial charge < -0.3 is 20.9 Å². The number of benzene rings is 1. The van der Waals surface area contributed by atoms with Gasteiger partial charge in [0.15, 0.2) is 0 Å². The molecule has 1 amide bonds. The lowest BCUT2D eigenvalue weighted by atomic mass is 9.96. The summed E-state index contributed by atoms with van der Waals surface area (Å²) in [5.74, 6) is -2.73. The van der Waals surface area contributed by atoms with E-state index in [2.05, 4.69) is 5.32 Å². The predicted octanol–water partition coefficient (Wildman–Crippen LogP) is 0.0982. The van der Waals surface area contributed by atoms with Crippen LogP contribution in [0, 0.1) is 5.82 Å². The van der Waals surface area contributed by atoms with Gasteiger partial charge in [-0.2, -0.15) is 0 Å². The van der Waals surface area contributed by atoms with E-state index in [1.165, 1.54) is 24.3 Å². The predicted molar refractivity (Wildman–Crippen MR) is 74.5 cm³/mol. The molecular weight excluding hydrogens is 277 g/mol. The Balaban J connectivity index is 2.04. The molecule has 0 saturated carbocycles. The Bertz CT molecular complexity index is 613. The molecule has 0 radical (unpaired) electrons. The van der Waals surface area contributed by atoms with Crippen molar-refractivity contribution < 1.29 is 19.0 Å². The number of carbonyl (C=O) groups is 1. The number of hydrogen-bond donors (Lipinski definition) is 3. The van der Waals surface area contributed by atoms with Gasteiger partial charge in [0.2, 0.25) is 11.8 Å². The van der Waals surface area contributed by atoms with Gasteiger partial charge in [-0.25, -0.2) is 4.39 Å². The third kappa shape index (κ3) is 2.51. The van der Waals surface area contributed by atoms with E-state index in [9.17, 15) is 14.3 Å². The number of anilines is 1. The average molecular weight is 293 g/mol. The molecule has 7 heteroatoms. The highest BCUT2D eigenvalue weighted by atomic mass is 19.1. The van der Waals surface area contributed by atoms with Crippen LogP contribution in [0.3, 0.4) is 0 Å². The number of hydrogen-bond acceptors (Lipinski definition) is 5. The van der Waals surface area contributed by atoms with Crippen LogP contribution in [0.15, 0.2) is 24.3 Å². The second kappa shape index (κ2) is 5.10. The molecule has 1 aromatic rings. The maximum Gasteiger partial charge on any atom is 0.249 e. The van der Waals surface area contributed by atoms with Crippen LogP contribution in [0.4, 0.5) is 10.1 Å². The van der Waals surface area contributed by atoms with E-state index in [1.807, 2.05) is 0 Å². The molecular formula is C14H16FN3O3. The third-order valence-corrected chi connectivity index (χ3v) is 3.69. The molecule has 4 N–H and O–H groups in total. The molecule has 0 aliphatic carbocycles. The number of nitrogens with zero attached hydrogens (tertiary/aromatic N) is 1. The molecule has 1 fully saturated rings. The van der Waals surface area contributed by atoms with Crippen molar-refractivity contribution in [2.45, 2.75) is 5.85 Å². The summed E-state index contributed by atoms with van der Waals surface area (Å²) >= 11 is 0. The van der Waals surface area contributed by atoms with Crippen molar-refractivity contribution in [2.75, 3.05) is 31.6 Å². The Morgan fingerprint density at radius 2 is 2.14 bits per heavy atom. The van der Waals surface area contributed by atoms with Gasteiger partial charge in [0.25, 0.3) is 0 Å². The van der Waals surface area contributed by atoms with E-state index >= 15 is 0 Å². The van der Waals surface area contributed by atoms with Crippen LogP contribution in [0.1, 0.15) is 5.56 Å². The number of amides is 1. The maximum absolute atomic E-state index is 13.4. The zero-order valence-corrected chi connectivity index (χ0v) is 11.3. The summed E-state index contributed by atoms with van der Waals surface area (Å²) in [6.07, 6.45) is 1.34. The van der Waals surface area contributed by atoms with Gasteiger partial charge in [0.1, 0.15) is 5.82 Å². The highest BCUT2D eigenvalue weighted by molar-refractivity contribution is 6.21. The maximum atomic E-state index is 13.4. The second-order valence-corrected chi connectivity index (χ2v) is 5.06. The summed E-state index contributed by atoms with van der Waals surface area (Å²) in [6.45, 7) is 1.98. The molecule has 21 heavy (non-hydrogen) atoms. The van der Waals surface area contributed by atoms with Gasteiger partial charge in [-0.3, -0.25) is 9.69 Å². The Labute approximate surface area is 121 Å². The lowest BCUT2D eigenvalue weighted by Crippen LogP contribution is -2.58. The van der Waals surface area contributed by atoms with E-state index in [4.69, 9.17) is 10.5 Å². The lowest BCUT2D eigenvalue weighted by Gasteiger charge is -2.43. The van der Waals surface area contributed by atoms with E-state index < -0.39 is 17.6 Å². The fourth-order valence-electron chi connectivity index (χ4n) is 2.64. The Kier molecular flexibility index (Phi) is 3.40. The van der Waals surface area contributed by atoms with Crippen LogP contribution >= 0.6 is 0 Å². The van der Waals surface area contributed by atoms with Crippen LogP contribution in [0.2, 0.25) is 0 Å². The number of nitrogens with two attached hydrogens (primary N) is 1. The number of carbonyl (C=O) groups excluding carboxylic acids is 1. The molecule has 2 aliphatic heterocycles. The largest absolute Gasteiger partial charge is 0.379 e. The number of halogens is 1. The number of ether oxygens (including phenoxy) is 1. The van der Waals surface area contributed by atoms with Crippen molar-refractivity contribution in [2.24, 2.45) is 5.73 Å². The van der Waals surface area contributed by atoms with Crippen molar-refractivity contribution in [3.05, 3.63) is 35.7 Å². The Hall–Kier alpha value is -1.96. The van der Waals surface area contributed by atoms with Gasteiger partial charge in [0.05, 0.1) is 18.8 Å². The number of fused-ring (bicyclic) bond motifs is 1. The molecule has 2 heterocycles. The molecule has 112 valence electrons. The summed E-state index contributed by atoms with van der Waals surface area (Å²) in [4.78, 5) is 13.4. The second-order valence-electron chi connectivity index (χ2n) is 5.06. The lowest BCUT2D eigenvalue weighted by molar-refractivity contribution is -0.113. The van der Waals surface area contributed by atoms with E-state index in [0.29, 0.717) is 37.6 Å². The molecule has 0 aromatic heterocycles. The van der Waals surface area contributed by atoms with Gasteiger partial charge >= 0.3 is 0 Å². The molecule has 6 nitrogen and oxygen atoms in total. The number of aliphatic hydroxyl groups is 1. The monoisotopic (exact) mass is 293 g/mol. The minimum absolute atomic E-state index is 0.0947. The zero-order chi connectivity index (χ0) is 15.0. The molecule has 1 aromatic carbocycles. The summed E-state index contributed by atoms with van der Waals surface area (Å²) in [7, 11) is 0. The van der Waals surface area contributed by atoms with Crippen LogP contribution in [0.5, 0.6) is 0 Å². The summed E-state index contributed by atoms with van der Waals surface area (Å²) in [5.41, 5.74) is 6.27. The third-order valence-electron chi connectivity index (χ3n) is 3.69. The Morgan fingerprint density at radius 3 is 2.81 bits per heavy atom. The van der Waals surface area contributed by atoms with Crippen molar-refractivity contribution >= 4 is 17.2 Å². The first-order valence-electron chi connectivity index (χ1n) is 6.65. The number of morpholine rings is 1. The van der Waals surface area contributed by atoms with Gasteiger partial charge in [-0.1, -0.05) is 0 Å². The summed E-state index contributed by atoms with van der Waals surface area (Å²) in [6, 6.07) is 3.96. The van der Waals surface area contributed by atoms with Crippen molar-refractivity contribution in [1.82, 2.24) is 4.90 Å². The van der Waals surface area contributed by atoms with E-state index in [1.54, 1.807) is 4.90 Å². The SMILES string of the molecule is NC(=O)C1=CC(O)(N2CCOCC2)Nc2ccc(F)cc21. The summed E-state index contributed by atoms with van der Waals surface area (Å²) in [5, 5.41) is 13.7. The zero-order valence-electron chi connectivity index (χ0n) is 11.3. The average Bonchev–Trinajstić information content (AvgIpc) is 2.48. The smallest absolute Gasteiger partial charge is 0.249 e. The van der Waals surface area contributed by atoms with Gasteiger partial charge in [-0.15, -0.1) is 0 Å². The van der Waals surface area contributed by atoms with Gasteiger partial charge in [-0.05, 0) is 24.3 Å². The molecule has 2 aliphatic rings. The van der Waals surface area contributed by atoms with E-state index in [0.717, 1.165) is 0 Å². The first-order valence-corrected chi connectivity index (χ1v) is 6.65. The molecule has 0 bridgehead atoms. The van der Waals surface area contributed by atoms with Crippen molar-refractivity contribution in [3.8, 4) is 0 Å². The summed E-state index contributed by atoms with van der Waals surface area (Å²) < 4.78 is 18.6. The fourth-order valence-corrected chi connectivity index (χ4v) is 2.64. The topological polar surface area (TPSA) is 87.8 Å². The number of primary amides is 1. The molecule has 1 unspecified atom stereocenters. The van der Waals surface area contributed by atoms with Gasteiger partial charge in [0, 0.05) is 24.3 Å². The molecule has 1 atom stereocenters. The standard InChI is InChI=1S/C14H16FN3O3/c15-9-1-2-12-10(7-9)11(13(16)19)8-14(20,17-12)18-3-5-21-6-4-18/h1-2,7-8,17,20H,3-6H2,(H2,16,19). The number of nitrogens with one attached hydrogen (secondary N) is 1. The number of rotatable bonds is 2. The Morgan fingerprint density at radius 1 is 1.43 bits per heavy atom. The minimum Gasteiger partial charge on any atom is -0.379 e. The first kappa shape index (κ1) is 14.0. The van der Waals surface area contributed by atoms with Crippen LogP contribution < -0.4 is 11.1 Å². The normalized spacial score (nSPS) is 25.7. The molecule has 1 saturated heterocycles. The quantitative estimate of drug-likeness (QED) is 0.720. The molecule has 3 rings (SSSR count). The minimum atomic E-state index is -1.54. The molecule has 0 spiro atoms. The fraction of sp³-hybridized carbons (Fsp3) is 0.357. The highest BCUT2D eigenvalue weighted by Gasteiger charge is 2.38. The first-order chi connectivity index (χ1) is 9.99. The van der Waals surface area contributed by atoms with E-state index in [-0.39, 0.29) is 5.57 Å². The van der Waals surface area contributed by atoms with Crippen molar-refractivity contribution in [1.29, 1.82) is 0 Å².